The van der Waals surface area contributed by atoms with Crippen molar-refractivity contribution < 1.29 is 13.6 Å². The highest BCUT2D eigenvalue weighted by molar-refractivity contribution is 5.93. The normalized spacial score (nSPS) is 18.6. The molecule has 1 aliphatic carbocycles. The number of nitrogens with two attached hydrogens (primary N) is 1. The fourth-order valence-electron chi connectivity index (χ4n) is 3.70. The number of amides is 1. The molecule has 1 saturated carbocycles. The average Bonchev–Trinajstić information content (AvgIpc) is 3.11. The molecule has 0 saturated heterocycles. The van der Waals surface area contributed by atoms with E-state index in [0.717, 1.165) is 43.9 Å². The molecule has 31 heavy (non-hydrogen) atoms. The molecule has 4 rings (SSSR count). The van der Waals surface area contributed by atoms with Crippen LogP contribution in [0.4, 0.5) is 20.4 Å². The molecule has 8 nitrogen and oxygen atoms in total. The molecule has 2 heterocycles. The van der Waals surface area contributed by atoms with E-state index in [1.807, 2.05) is 0 Å². The highest BCUT2D eigenvalue weighted by Crippen LogP contribution is 2.22. The van der Waals surface area contributed by atoms with Crippen molar-refractivity contribution in [2.45, 2.75) is 37.8 Å². The fourth-order valence-corrected chi connectivity index (χ4v) is 3.70. The summed E-state index contributed by atoms with van der Waals surface area (Å²) in [5.41, 5.74) is 7.62. The monoisotopic (exact) mass is 427 g/mol. The largest absolute Gasteiger partial charge is 0.346 e. The first-order valence-corrected chi connectivity index (χ1v) is 10.1. The van der Waals surface area contributed by atoms with Gasteiger partial charge in [0.2, 0.25) is 5.95 Å². The van der Waals surface area contributed by atoms with E-state index in [1.165, 1.54) is 10.9 Å². The summed E-state index contributed by atoms with van der Waals surface area (Å²) in [5.74, 6) is -1.52. The van der Waals surface area contributed by atoms with Crippen molar-refractivity contribution in [2.75, 3.05) is 5.32 Å². The molecule has 1 fully saturated rings. The number of aromatic nitrogens is 4. The predicted octanol–water partition coefficient (Wildman–Crippen LogP) is 2.90. The smallest absolute Gasteiger partial charge is 0.269 e. The molecular formula is C21H23F2N7O. The number of nitrogens with one attached hydrogen (secondary N) is 2. The van der Waals surface area contributed by atoms with Crippen LogP contribution in [0.1, 0.15) is 36.2 Å². The van der Waals surface area contributed by atoms with Gasteiger partial charge in [-0.1, -0.05) is 12.8 Å². The average molecular weight is 427 g/mol. The van der Waals surface area contributed by atoms with Crippen molar-refractivity contribution in [3.63, 3.8) is 0 Å². The van der Waals surface area contributed by atoms with E-state index < -0.39 is 11.6 Å². The maximum atomic E-state index is 13.4. The highest BCUT2D eigenvalue weighted by Gasteiger charge is 2.25. The van der Waals surface area contributed by atoms with Crippen LogP contribution in [-0.4, -0.2) is 37.7 Å². The number of aryl methyl sites for hydroxylation is 1. The van der Waals surface area contributed by atoms with E-state index in [1.54, 1.807) is 19.2 Å². The third-order valence-corrected chi connectivity index (χ3v) is 5.29. The molecule has 3 aromatic rings. The maximum absolute atomic E-state index is 13.4. The molecule has 0 bridgehead atoms. The number of nitrogens with zero attached hydrogens (tertiary/aromatic N) is 4. The second kappa shape index (κ2) is 8.76. The zero-order valence-corrected chi connectivity index (χ0v) is 17.0. The molecule has 4 N–H and O–H groups in total. The second-order valence-corrected chi connectivity index (χ2v) is 7.62. The zero-order chi connectivity index (χ0) is 22.0. The molecule has 10 heteroatoms. The predicted molar refractivity (Wildman–Crippen MR) is 112 cm³/mol. The van der Waals surface area contributed by atoms with Gasteiger partial charge in [-0.3, -0.25) is 9.48 Å². The number of hydrogen-bond acceptors (Lipinski definition) is 6. The summed E-state index contributed by atoms with van der Waals surface area (Å²) in [6.45, 7) is 0. The first kappa shape index (κ1) is 20.9. The Kier molecular flexibility index (Phi) is 5.90. The van der Waals surface area contributed by atoms with Gasteiger partial charge in [0.1, 0.15) is 23.0 Å². The Bertz CT molecular complexity index is 1080. The number of halogens is 2. The summed E-state index contributed by atoms with van der Waals surface area (Å²) >= 11 is 0. The standard InChI is InChI=1S/C21H23F2N7O/c1-30-19(20(31)27-16-5-3-2-4-15(16)24)11-18(29-30)17-6-7-25-21(28-17)26-14-9-12(22)8-13(23)10-14/h6-11,15-16H,2-5,24H2,1H3,(H,27,31)(H,25,26,28)/t15-,16-/m0/s1. The van der Waals surface area contributed by atoms with Crippen molar-refractivity contribution in [3.8, 4) is 11.4 Å². The molecule has 2 atom stereocenters. The van der Waals surface area contributed by atoms with E-state index >= 15 is 0 Å². The van der Waals surface area contributed by atoms with Crippen molar-refractivity contribution in [3.05, 3.63) is 53.9 Å². The third kappa shape index (κ3) is 4.85. The van der Waals surface area contributed by atoms with E-state index in [2.05, 4.69) is 25.7 Å². The minimum absolute atomic E-state index is 0.0476. The molecule has 1 aliphatic rings. The molecule has 0 aliphatic heterocycles. The lowest BCUT2D eigenvalue weighted by Crippen LogP contribution is -2.49. The molecule has 1 amide bonds. The van der Waals surface area contributed by atoms with Gasteiger partial charge >= 0.3 is 0 Å². The highest BCUT2D eigenvalue weighted by atomic mass is 19.1. The van der Waals surface area contributed by atoms with Gasteiger partial charge in [0, 0.05) is 37.1 Å². The van der Waals surface area contributed by atoms with Crippen LogP contribution in [0.5, 0.6) is 0 Å². The summed E-state index contributed by atoms with van der Waals surface area (Å²) in [4.78, 5) is 21.2. The number of rotatable bonds is 5. The molecule has 0 unspecified atom stereocenters. The van der Waals surface area contributed by atoms with Crippen LogP contribution in [0.2, 0.25) is 0 Å². The van der Waals surface area contributed by atoms with Crippen molar-refractivity contribution in [1.29, 1.82) is 0 Å². The van der Waals surface area contributed by atoms with Crippen LogP contribution in [0.25, 0.3) is 11.4 Å². The lowest BCUT2D eigenvalue weighted by molar-refractivity contribution is 0.0911. The van der Waals surface area contributed by atoms with E-state index in [0.29, 0.717) is 17.1 Å². The number of hydrogen-bond donors (Lipinski definition) is 3. The Labute approximate surface area is 177 Å². The molecule has 0 spiro atoms. The first-order valence-electron chi connectivity index (χ1n) is 10.1. The van der Waals surface area contributed by atoms with Gasteiger partial charge in [-0.05, 0) is 37.1 Å². The Morgan fingerprint density at radius 3 is 2.61 bits per heavy atom. The Morgan fingerprint density at radius 2 is 1.87 bits per heavy atom. The van der Waals surface area contributed by atoms with Gasteiger partial charge < -0.3 is 16.4 Å². The Morgan fingerprint density at radius 1 is 1.13 bits per heavy atom. The van der Waals surface area contributed by atoms with Crippen LogP contribution >= 0.6 is 0 Å². The summed E-state index contributed by atoms with van der Waals surface area (Å²) in [6.07, 6.45) is 5.37. The van der Waals surface area contributed by atoms with Crippen molar-refractivity contribution >= 4 is 17.5 Å². The number of carbonyl (C=O) groups is 1. The van der Waals surface area contributed by atoms with E-state index in [4.69, 9.17) is 5.73 Å². The van der Waals surface area contributed by atoms with E-state index in [-0.39, 0.29) is 29.6 Å². The molecule has 1 aromatic carbocycles. The SMILES string of the molecule is Cn1nc(-c2ccnc(Nc3cc(F)cc(F)c3)n2)cc1C(=O)N[C@H]1CCCC[C@@H]1N. The van der Waals surface area contributed by atoms with Gasteiger partial charge in [-0.15, -0.1) is 0 Å². The van der Waals surface area contributed by atoms with Gasteiger partial charge in [0.25, 0.3) is 5.91 Å². The summed E-state index contributed by atoms with van der Waals surface area (Å²) in [7, 11) is 1.68. The molecule has 0 radical (unpaired) electrons. The fraction of sp³-hybridized carbons (Fsp3) is 0.333. The zero-order valence-electron chi connectivity index (χ0n) is 17.0. The van der Waals surface area contributed by atoms with Crippen LogP contribution < -0.4 is 16.4 Å². The van der Waals surface area contributed by atoms with Crippen LogP contribution in [0.15, 0.2) is 36.5 Å². The van der Waals surface area contributed by atoms with Gasteiger partial charge in [-0.2, -0.15) is 5.10 Å². The molecule has 162 valence electrons. The van der Waals surface area contributed by atoms with E-state index in [9.17, 15) is 13.6 Å². The van der Waals surface area contributed by atoms with Crippen LogP contribution in [0, 0.1) is 11.6 Å². The third-order valence-electron chi connectivity index (χ3n) is 5.29. The number of anilines is 2. The summed E-state index contributed by atoms with van der Waals surface area (Å²) in [6, 6.07) is 6.23. The van der Waals surface area contributed by atoms with Crippen molar-refractivity contribution in [1.82, 2.24) is 25.1 Å². The number of benzene rings is 1. The first-order chi connectivity index (χ1) is 14.9. The van der Waals surface area contributed by atoms with Gasteiger partial charge in [0.05, 0.1) is 5.69 Å². The summed E-state index contributed by atoms with van der Waals surface area (Å²) < 4.78 is 28.3. The quantitative estimate of drug-likeness (QED) is 0.578. The minimum atomic E-state index is -0.711. The van der Waals surface area contributed by atoms with Crippen LogP contribution in [-0.2, 0) is 7.05 Å². The Balaban J connectivity index is 1.52. The topological polar surface area (TPSA) is 111 Å². The lowest BCUT2D eigenvalue weighted by atomic mass is 9.91. The maximum Gasteiger partial charge on any atom is 0.269 e. The molecule has 2 aromatic heterocycles. The minimum Gasteiger partial charge on any atom is -0.346 e. The summed E-state index contributed by atoms with van der Waals surface area (Å²) in [5, 5.41) is 10.2. The van der Waals surface area contributed by atoms with Gasteiger partial charge in [0.15, 0.2) is 0 Å². The van der Waals surface area contributed by atoms with Crippen LogP contribution in [0.3, 0.4) is 0 Å². The van der Waals surface area contributed by atoms with Crippen molar-refractivity contribution in [2.24, 2.45) is 12.8 Å². The van der Waals surface area contributed by atoms with Gasteiger partial charge in [-0.25, -0.2) is 18.7 Å². The lowest BCUT2D eigenvalue weighted by Gasteiger charge is -2.29. The second-order valence-electron chi connectivity index (χ2n) is 7.62. The number of carbonyl (C=O) groups excluding carboxylic acids is 1. The molecular weight excluding hydrogens is 404 g/mol. The Hall–Kier alpha value is -3.40.